The molecule has 1 aromatic heterocycles. The molecule has 140 valence electrons. The van der Waals surface area contributed by atoms with E-state index in [0.29, 0.717) is 25.1 Å². The minimum absolute atomic E-state index is 0.0174. The van der Waals surface area contributed by atoms with Crippen LogP contribution in [0.3, 0.4) is 0 Å². The summed E-state index contributed by atoms with van der Waals surface area (Å²) in [5.74, 6) is -0.598. The minimum atomic E-state index is -4.59. The first-order valence-corrected chi connectivity index (χ1v) is 8.29. The molecule has 1 aliphatic heterocycles. The highest BCUT2D eigenvalue weighted by atomic mass is 19.4. The van der Waals surface area contributed by atoms with E-state index >= 15 is 0 Å². The highest BCUT2D eigenvalue weighted by Gasteiger charge is 2.35. The van der Waals surface area contributed by atoms with E-state index in [9.17, 15) is 17.6 Å². The molecule has 0 N–H and O–H groups in total. The average molecular weight is 369 g/mol. The predicted molar refractivity (Wildman–Crippen MR) is 88.7 cm³/mol. The summed E-state index contributed by atoms with van der Waals surface area (Å²) < 4.78 is 57.7. The van der Waals surface area contributed by atoms with Crippen LogP contribution < -0.4 is 9.64 Å². The lowest BCUT2D eigenvalue weighted by Gasteiger charge is -2.18. The number of aryl methyl sites for hydroxylation is 2. The second kappa shape index (κ2) is 7.09. The zero-order chi connectivity index (χ0) is 18.9. The lowest BCUT2D eigenvalue weighted by Crippen LogP contribution is -2.24. The molecule has 1 saturated heterocycles. The van der Waals surface area contributed by atoms with Gasteiger partial charge in [-0.3, -0.25) is 0 Å². The van der Waals surface area contributed by atoms with E-state index < -0.39 is 23.3 Å². The Morgan fingerprint density at radius 1 is 1.15 bits per heavy atom. The first-order chi connectivity index (χ1) is 12.2. The lowest BCUT2D eigenvalue weighted by molar-refractivity contribution is -0.139. The van der Waals surface area contributed by atoms with E-state index in [0.717, 1.165) is 29.9 Å². The molecule has 1 unspecified atom stereocenters. The quantitative estimate of drug-likeness (QED) is 0.759. The van der Waals surface area contributed by atoms with Crippen molar-refractivity contribution in [1.82, 2.24) is 9.97 Å². The van der Waals surface area contributed by atoms with E-state index in [2.05, 4.69) is 9.97 Å². The number of anilines is 1. The van der Waals surface area contributed by atoms with Crippen molar-refractivity contribution in [3.8, 4) is 5.75 Å². The van der Waals surface area contributed by atoms with Crippen molar-refractivity contribution in [1.29, 1.82) is 0 Å². The van der Waals surface area contributed by atoms with Crippen molar-refractivity contribution in [2.75, 3.05) is 24.6 Å². The Morgan fingerprint density at radius 3 is 2.50 bits per heavy atom. The Kier molecular flexibility index (Phi) is 5.02. The fraction of sp³-hybridized carbons (Fsp3) is 0.444. The van der Waals surface area contributed by atoms with Crippen LogP contribution in [0.2, 0.25) is 0 Å². The van der Waals surface area contributed by atoms with Crippen molar-refractivity contribution in [3.63, 3.8) is 0 Å². The molecule has 0 radical (unpaired) electrons. The smallest absolute Gasteiger partial charge is 0.419 e. The molecule has 26 heavy (non-hydrogen) atoms. The van der Waals surface area contributed by atoms with E-state index in [1.54, 1.807) is 0 Å². The van der Waals surface area contributed by atoms with Crippen LogP contribution in [0.4, 0.5) is 23.5 Å². The van der Waals surface area contributed by atoms with Gasteiger partial charge in [0.05, 0.1) is 12.2 Å². The second-order valence-corrected chi connectivity index (χ2v) is 6.50. The third-order valence-corrected chi connectivity index (χ3v) is 4.26. The molecule has 8 heteroatoms. The molecule has 2 aromatic rings. The number of rotatable bonds is 4. The molecule has 4 nitrogen and oxygen atoms in total. The lowest BCUT2D eigenvalue weighted by atomic mass is 10.1. The van der Waals surface area contributed by atoms with E-state index in [-0.39, 0.29) is 12.5 Å². The summed E-state index contributed by atoms with van der Waals surface area (Å²) in [4.78, 5) is 10.8. The topological polar surface area (TPSA) is 38.2 Å². The van der Waals surface area contributed by atoms with Crippen LogP contribution in [0, 0.1) is 25.6 Å². The molecule has 0 amide bonds. The molecule has 3 rings (SSSR count). The van der Waals surface area contributed by atoms with Crippen molar-refractivity contribution in [2.24, 2.45) is 5.92 Å². The number of halogens is 4. The van der Waals surface area contributed by atoms with Crippen LogP contribution in [0.5, 0.6) is 5.75 Å². The van der Waals surface area contributed by atoms with Gasteiger partial charge in [0.2, 0.25) is 5.95 Å². The molecule has 2 heterocycles. The SMILES string of the molecule is Cc1cc(C)nc(N2CCC(COc3cc(F)ccc3C(F)(F)F)C2)n1. The average Bonchev–Trinajstić information content (AvgIpc) is 3.00. The molecule has 0 saturated carbocycles. The minimum Gasteiger partial charge on any atom is -0.492 e. The predicted octanol–water partition coefficient (Wildman–Crippen LogP) is 4.16. The van der Waals surface area contributed by atoms with Crippen molar-refractivity contribution >= 4 is 5.95 Å². The monoisotopic (exact) mass is 369 g/mol. The Morgan fingerprint density at radius 2 is 1.85 bits per heavy atom. The van der Waals surface area contributed by atoms with Crippen molar-refractivity contribution < 1.29 is 22.3 Å². The Balaban J connectivity index is 1.66. The van der Waals surface area contributed by atoms with Gasteiger partial charge in [0, 0.05) is 36.5 Å². The molecule has 1 atom stereocenters. The largest absolute Gasteiger partial charge is 0.492 e. The maximum Gasteiger partial charge on any atom is 0.419 e. The summed E-state index contributed by atoms with van der Waals surface area (Å²) in [5.41, 5.74) is 0.759. The van der Waals surface area contributed by atoms with E-state index in [1.165, 1.54) is 0 Å². The van der Waals surface area contributed by atoms with Crippen LogP contribution in [0.1, 0.15) is 23.4 Å². The first-order valence-electron chi connectivity index (χ1n) is 8.29. The molecule has 1 fully saturated rings. The van der Waals surface area contributed by atoms with Crippen LogP contribution in [-0.4, -0.2) is 29.7 Å². The number of aromatic nitrogens is 2. The van der Waals surface area contributed by atoms with Gasteiger partial charge in [-0.05, 0) is 38.5 Å². The highest BCUT2D eigenvalue weighted by Crippen LogP contribution is 2.37. The van der Waals surface area contributed by atoms with Gasteiger partial charge in [-0.1, -0.05) is 0 Å². The number of hydrogen-bond acceptors (Lipinski definition) is 4. The first kappa shape index (κ1) is 18.4. The van der Waals surface area contributed by atoms with Gasteiger partial charge in [0.25, 0.3) is 0 Å². The second-order valence-electron chi connectivity index (χ2n) is 6.50. The number of hydrogen-bond donors (Lipinski definition) is 0. The molecule has 0 aliphatic carbocycles. The van der Waals surface area contributed by atoms with Crippen LogP contribution in [0.25, 0.3) is 0 Å². The van der Waals surface area contributed by atoms with Gasteiger partial charge in [-0.2, -0.15) is 13.2 Å². The van der Waals surface area contributed by atoms with Gasteiger partial charge in [-0.25, -0.2) is 14.4 Å². The molecule has 1 aliphatic rings. The van der Waals surface area contributed by atoms with Gasteiger partial charge in [0.15, 0.2) is 0 Å². The van der Waals surface area contributed by atoms with Crippen LogP contribution >= 0.6 is 0 Å². The van der Waals surface area contributed by atoms with Gasteiger partial charge in [-0.15, -0.1) is 0 Å². The summed E-state index contributed by atoms with van der Waals surface area (Å²) in [6.45, 7) is 5.13. The van der Waals surface area contributed by atoms with Gasteiger partial charge >= 0.3 is 6.18 Å². The molecule has 1 aromatic carbocycles. The van der Waals surface area contributed by atoms with Crippen molar-refractivity contribution in [2.45, 2.75) is 26.4 Å². The van der Waals surface area contributed by atoms with Crippen molar-refractivity contribution in [3.05, 3.63) is 47.0 Å². The summed E-state index contributed by atoms with van der Waals surface area (Å²) >= 11 is 0. The van der Waals surface area contributed by atoms with Gasteiger partial charge in [0.1, 0.15) is 11.6 Å². The number of benzene rings is 1. The standard InChI is InChI=1S/C18H19F4N3O/c1-11-7-12(2)24-17(23-11)25-6-5-13(9-25)10-26-16-8-14(19)3-4-15(16)18(20,21)22/h3-4,7-8,13H,5-6,9-10H2,1-2H3. The zero-order valence-electron chi connectivity index (χ0n) is 14.5. The highest BCUT2D eigenvalue weighted by molar-refractivity contribution is 5.37. The fourth-order valence-electron chi connectivity index (χ4n) is 3.06. The summed E-state index contributed by atoms with van der Waals surface area (Å²) in [6.07, 6.45) is -3.84. The summed E-state index contributed by atoms with van der Waals surface area (Å²) in [5, 5.41) is 0. The summed E-state index contributed by atoms with van der Waals surface area (Å²) in [6, 6.07) is 4.14. The fourth-order valence-corrected chi connectivity index (χ4v) is 3.06. The molecule has 0 bridgehead atoms. The normalized spacial score (nSPS) is 17.6. The Bertz CT molecular complexity index is 774. The Hall–Kier alpha value is -2.38. The number of alkyl halides is 3. The number of ether oxygens (including phenoxy) is 1. The third kappa shape index (κ3) is 4.23. The van der Waals surface area contributed by atoms with Gasteiger partial charge < -0.3 is 9.64 Å². The maximum absolute atomic E-state index is 13.3. The number of nitrogens with zero attached hydrogens (tertiary/aromatic N) is 3. The molecular formula is C18H19F4N3O. The van der Waals surface area contributed by atoms with Crippen LogP contribution in [0.15, 0.2) is 24.3 Å². The maximum atomic E-state index is 13.3. The van der Waals surface area contributed by atoms with E-state index in [1.807, 2.05) is 24.8 Å². The third-order valence-electron chi connectivity index (χ3n) is 4.26. The van der Waals surface area contributed by atoms with E-state index in [4.69, 9.17) is 4.74 Å². The Labute approximate surface area is 148 Å². The molecule has 0 spiro atoms. The molecular weight excluding hydrogens is 350 g/mol. The summed E-state index contributed by atoms with van der Waals surface area (Å²) in [7, 11) is 0. The van der Waals surface area contributed by atoms with Crippen LogP contribution in [-0.2, 0) is 6.18 Å². The zero-order valence-corrected chi connectivity index (χ0v) is 14.5.